The van der Waals surface area contributed by atoms with Gasteiger partial charge in [0.2, 0.25) is 6.79 Å². The Bertz CT molecular complexity index is 910. The van der Waals surface area contributed by atoms with Crippen LogP contribution in [0.2, 0.25) is 5.02 Å². The number of nitrogens with one attached hydrogen (secondary N) is 1. The van der Waals surface area contributed by atoms with Gasteiger partial charge >= 0.3 is 6.09 Å². The maximum atomic E-state index is 12.6. The Hall–Kier alpha value is -2.77. The van der Waals surface area contributed by atoms with Gasteiger partial charge in [0.15, 0.2) is 17.3 Å². The molecule has 2 aliphatic rings. The Morgan fingerprint density at radius 1 is 1.07 bits per heavy atom. The molecule has 2 heterocycles. The standard InChI is InChI=1S/C22H23ClN2O5/c23-17-3-1-15(2-4-17)21(26)16-7-9-25(10-8-16)11-12-28-22(27)24-18-5-6-19-20(13-18)30-14-29-19/h1-6,13,16H,7-12,14H2,(H,24,27). The second kappa shape index (κ2) is 9.36. The maximum Gasteiger partial charge on any atom is 0.411 e. The van der Waals surface area contributed by atoms with E-state index in [2.05, 4.69) is 10.2 Å². The summed E-state index contributed by atoms with van der Waals surface area (Å²) in [5.74, 6) is 1.46. The lowest BCUT2D eigenvalue weighted by Gasteiger charge is -2.31. The van der Waals surface area contributed by atoms with Crippen molar-refractivity contribution < 1.29 is 23.8 Å². The molecule has 0 unspecified atom stereocenters. The number of amides is 1. The van der Waals surface area contributed by atoms with Gasteiger partial charge in [-0.15, -0.1) is 0 Å². The van der Waals surface area contributed by atoms with E-state index in [1.165, 1.54) is 0 Å². The summed E-state index contributed by atoms with van der Waals surface area (Å²) in [6, 6.07) is 12.2. The van der Waals surface area contributed by atoms with Crippen molar-refractivity contribution in [3.63, 3.8) is 0 Å². The fourth-order valence-electron chi connectivity index (χ4n) is 3.66. The fourth-order valence-corrected chi connectivity index (χ4v) is 3.79. The van der Waals surface area contributed by atoms with Crippen LogP contribution in [0, 0.1) is 5.92 Å². The molecule has 0 bridgehead atoms. The van der Waals surface area contributed by atoms with Crippen LogP contribution < -0.4 is 14.8 Å². The summed E-state index contributed by atoms with van der Waals surface area (Å²) in [6.45, 7) is 2.71. The monoisotopic (exact) mass is 430 g/mol. The predicted molar refractivity (Wildman–Crippen MR) is 112 cm³/mol. The number of halogens is 1. The second-order valence-electron chi connectivity index (χ2n) is 7.32. The molecule has 1 N–H and O–H groups in total. The first-order chi connectivity index (χ1) is 14.6. The number of likely N-dealkylation sites (tertiary alicyclic amines) is 1. The molecule has 0 spiro atoms. The lowest BCUT2D eigenvalue weighted by atomic mass is 9.89. The number of hydrogen-bond acceptors (Lipinski definition) is 6. The number of rotatable bonds is 6. The number of Topliss-reactive ketones (excluding diaryl/α,β-unsaturated/α-hetero) is 1. The second-order valence-corrected chi connectivity index (χ2v) is 7.75. The van der Waals surface area contributed by atoms with Crippen molar-refractivity contribution in [2.75, 3.05) is 38.4 Å². The molecular weight excluding hydrogens is 408 g/mol. The van der Waals surface area contributed by atoms with Gasteiger partial charge in [0.25, 0.3) is 0 Å². The van der Waals surface area contributed by atoms with Gasteiger partial charge in [0.1, 0.15) is 6.61 Å². The van der Waals surface area contributed by atoms with Crippen molar-refractivity contribution in [1.82, 2.24) is 4.90 Å². The molecule has 158 valence electrons. The molecule has 2 aliphatic heterocycles. The Labute approximate surface area is 179 Å². The van der Waals surface area contributed by atoms with Gasteiger partial charge < -0.3 is 14.2 Å². The van der Waals surface area contributed by atoms with Crippen LogP contribution in [-0.2, 0) is 4.74 Å². The Balaban J connectivity index is 1.16. The fraction of sp³-hybridized carbons (Fsp3) is 0.364. The summed E-state index contributed by atoms with van der Waals surface area (Å²) in [7, 11) is 0. The normalized spacial score (nSPS) is 16.3. The summed E-state index contributed by atoms with van der Waals surface area (Å²) in [5, 5.41) is 3.31. The molecule has 30 heavy (non-hydrogen) atoms. The number of ether oxygens (including phenoxy) is 3. The SMILES string of the molecule is O=C(Nc1ccc2c(c1)OCO2)OCCN1CCC(C(=O)c2ccc(Cl)cc2)CC1. The van der Waals surface area contributed by atoms with Crippen LogP contribution in [0.4, 0.5) is 10.5 Å². The molecule has 0 aliphatic carbocycles. The van der Waals surface area contributed by atoms with Crippen LogP contribution in [0.5, 0.6) is 11.5 Å². The van der Waals surface area contributed by atoms with Crippen LogP contribution in [0.1, 0.15) is 23.2 Å². The number of nitrogens with zero attached hydrogens (tertiary/aromatic N) is 1. The van der Waals surface area contributed by atoms with Crippen molar-refractivity contribution in [3.05, 3.63) is 53.1 Å². The molecule has 1 amide bonds. The highest BCUT2D eigenvalue weighted by Gasteiger charge is 2.25. The zero-order valence-corrected chi connectivity index (χ0v) is 17.2. The Morgan fingerprint density at radius 3 is 2.57 bits per heavy atom. The van der Waals surface area contributed by atoms with Gasteiger partial charge in [-0.25, -0.2) is 4.79 Å². The first kappa shape index (κ1) is 20.5. The summed E-state index contributed by atoms with van der Waals surface area (Å²) in [4.78, 5) is 26.8. The molecule has 2 aromatic rings. The molecular formula is C22H23ClN2O5. The summed E-state index contributed by atoms with van der Waals surface area (Å²) >= 11 is 5.89. The van der Waals surface area contributed by atoms with Crippen molar-refractivity contribution in [2.45, 2.75) is 12.8 Å². The van der Waals surface area contributed by atoms with Crippen LogP contribution >= 0.6 is 11.6 Å². The van der Waals surface area contributed by atoms with E-state index in [0.29, 0.717) is 34.3 Å². The summed E-state index contributed by atoms with van der Waals surface area (Å²) in [5.41, 5.74) is 1.30. The van der Waals surface area contributed by atoms with Crippen molar-refractivity contribution in [1.29, 1.82) is 0 Å². The third-order valence-corrected chi connectivity index (χ3v) is 5.60. The smallest absolute Gasteiger partial charge is 0.411 e. The van der Waals surface area contributed by atoms with E-state index in [-0.39, 0.29) is 25.1 Å². The van der Waals surface area contributed by atoms with E-state index >= 15 is 0 Å². The van der Waals surface area contributed by atoms with Gasteiger partial charge in [-0.05, 0) is 62.3 Å². The van der Waals surface area contributed by atoms with E-state index in [9.17, 15) is 9.59 Å². The number of carbonyl (C=O) groups excluding carboxylic acids is 2. The van der Waals surface area contributed by atoms with Gasteiger partial charge in [-0.1, -0.05) is 11.6 Å². The van der Waals surface area contributed by atoms with Crippen molar-refractivity contribution in [2.24, 2.45) is 5.92 Å². The third kappa shape index (κ3) is 5.04. The van der Waals surface area contributed by atoms with Crippen LogP contribution in [0.25, 0.3) is 0 Å². The predicted octanol–water partition coefficient (Wildman–Crippen LogP) is 4.21. The minimum absolute atomic E-state index is 0.0256. The first-order valence-electron chi connectivity index (χ1n) is 9.94. The van der Waals surface area contributed by atoms with Gasteiger partial charge in [0, 0.05) is 34.8 Å². The van der Waals surface area contributed by atoms with Crippen LogP contribution in [-0.4, -0.2) is 49.8 Å². The molecule has 0 aromatic heterocycles. The number of benzene rings is 2. The molecule has 0 radical (unpaired) electrons. The Kier molecular flexibility index (Phi) is 6.40. The zero-order valence-electron chi connectivity index (χ0n) is 16.4. The summed E-state index contributed by atoms with van der Waals surface area (Å²) < 4.78 is 15.8. The van der Waals surface area contributed by atoms with Gasteiger partial charge in [-0.3, -0.25) is 15.0 Å². The largest absolute Gasteiger partial charge is 0.454 e. The third-order valence-electron chi connectivity index (χ3n) is 5.35. The molecule has 0 saturated carbocycles. The molecule has 0 atom stereocenters. The zero-order chi connectivity index (χ0) is 20.9. The number of fused-ring (bicyclic) bond motifs is 1. The lowest BCUT2D eigenvalue weighted by Crippen LogP contribution is -2.38. The lowest BCUT2D eigenvalue weighted by molar-refractivity contribution is 0.0813. The minimum atomic E-state index is -0.512. The number of anilines is 1. The number of ketones is 1. The van der Waals surface area contributed by atoms with E-state index in [0.717, 1.165) is 25.9 Å². The number of hydrogen-bond donors (Lipinski definition) is 1. The quantitative estimate of drug-likeness (QED) is 0.692. The Morgan fingerprint density at radius 2 is 1.80 bits per heavy atom. The molecule has 1 saturated heterocycles. The average molecular weight is 431 g/mol. The molecule has 2 aromatic carbocycles. The average Bonchev–Trinajstić information content (AvgIpc) is 3.22. The van der Waals surface area contributed by atoms with E-state index < -0.39 is 6.09 Å². The molecule has 8 heteroatoms. The summed E-state index contributed by atoms with van der Waals surface area (Å²) in [6.07, 6.45) is 1.08. The first-order valence-corrected chi connectivity index (χ1v) is 10.3. The van der Waals surface area contributed by atoms with E-state index in [1.54, 1.807) is 42.5 Å². The van der Waals surface area contributed by atoms with Crippen molar-refractivity contribution >= 4 is 29.2 Å². The van der Waals surface area contributed by atoms with Gasteiger partial charge in [-0.2, -0.15) is 0 Å². The van der Waals surface area contributed by atoms with Crippen LogP contribution in [0.3, 0.4) is 0 Å². The molecule has 1 fully saturated rings. The highest BCUT2D eigenvalue weighted by Crippen LogP contribution is 2.34. The van der Waals surface area contributed by atoms with Gasteiger partial charge in [0.05, 0.1) is 0 Å². The topological polar surface area (TPSA) is 77.1 Å². The minimum Gasteiger partial charge on any atom is -0.454 e. The maximum absolute atomic E-state index is 12.6. The number of carbonyl (C=O) groups is 2. The highest BCUT2D eigenvalue weighted by molar-refractivity contribution is 6.30. The molecule has 4 rings (SSSR count). The van der Waals surface area contributed by atoms with E-state index in [1.807, 2.05) is 0 Å². The van der Waals surface area contributed by atoms with Crippen molar-refractivity contribution in [3.8, 4) is 11.5 Å². The number of piperidine rings is 1. The van der Waals surface area contributed by atoms with Crippen LogP contribution in [0.15, 0.2) is 42.5 Å². The highest BCUT2D eigenvalue weighted by atomic mass is 35.5. The van der Waals surface area contributed by atoms with E-state index in [4.69, 9.17) is 25.8 Å². The molecule has 7 nitrogen and oxygen atoms in total.